The third kappa shape index (κ3) is 4.24. The van der Waals surface area contributed by atoms with E-state index in [1.807, 2.05) is 99.2 Å². The standard InChI is InChI=1S/C28H27N5O2S/c1-5-32-16-21(18(3)31-32)15-23-27(35)33-25(20-12-7-6-8-13-20)24(19(4)29-28(33)36-23)26(34)30-22-14-10-9-11-17(22)2/h6-16,25H,5H2,1-4H3,(H,30,34)/b23-15+. The van der Waals surface area contributed by atoms with Crippen molar-refractivity contribution in [2.24, 2.45) is 4.99 Å². The number of hydrogen-bond donors (Lipinski definition) is 1. The van der Waals surface area contributed by atoms with Crippen LogP contribution in [0.5, 0.6) is 0 Å². The molecule has 0 bridgehead atoms. The van der Waals surface area contributed by atoms with Crippen LogP contribution in [0.2, 0.25) is 0 Å². The van der Waals surface area contributed by atoms with E-state index >= 15 is 0 Å². The Hall–Kier alpha value is -4.04. The van der Waals surface area contributed by atoms with Crippen molar-refractivity contribution in [1.82, 2.24) is 14.3 Å². The molecule has 0 aliphatic carbocycles. The molecule has 3 heterocycles. The molecule has 0 saturated carbocycles. The molecular weight excluding hydrogens is 470 g/mol. The first kappa shape index (κ1) is 23.7. The Morgan fingerprint density at radius 3 is 2.50 bits per heavy atom. The molecule has 4 aromatic rings. The van der Waals surface area contributed by atoms with Crippen molar-refractivity contribution >= 4 is 29.0 Å². The molecule has 1 amide bonds. The number of aryl methyl sites for hydroxylation is 3. The van der Waals surface area contributed by atoms with Crippen LogP contribution in [0.4, 0.5) is 5.69 Å². The van der Waals surface area contributed by atoms with Crippen molar-refractivity contribution < 1.29 is 4.79 Å². The van der Waals surface area contributed by atoms with Crippen molar-refractivity contribution in [3.05, 3.63) is 114 Å². The van der Waals surface area contributed by atoms with Gasteiger partial charge < -0.3 is 5.32 Å². The van der Waals surface area contributed by atoms with Crippen LogP contribution >= 0.6 is 11.3 Å². The van der Waals surface area contributed by atoms with E-state index in [0.717, 1.165) is 34.6 Å². The van der Waals surface area contributed by atoms with E-state index in [1.165, 1.54) is 11.3 Å². The Kier molecular flexibility index (Phi) is 6.28. The maximum Gasteiger partial charge on any atom is 0.271 e. The molecule has 0 radical (unpaired) electrons. The van der Waals surface area contributed by atoms with Crippen LogP contribution < -0.4 is 20.2 Å². The molecule has 1 unspecified atom stereocenters. The average Bonchev–Trinajstić information content (AvgIpc) is 3.38. The van der Waals surface area contributed by atoms with Gasteiger partial charge in [-0.05, 0) is 51.0 Å². The number of aromatic nitrogens is 3. The zero-order chi connectivity index (χ0) is 25.4. The molecule has 2 aromatic carbocycles. The highest BCUT2D eigenvalue weighted by atomic mass is 32.1. The van der Waals surface area contributed by atoms with Gasteiger partial charge >= 0.3 is 0 Å². The first-order chi connectivity index (χ1) is 17.4. The van der Waals surface area contributed by atoms with E-state index in [1.54, 1.807) is 4.57 Å². The minimum Gasteiger partial charge on any atom is -0.322 e. The van der Waals surface area contributed by atoms with Crippen LogP contribution in [-0.2, 0) is 11.3 Å². The second-order valence-electron chi connectivity index (χ2n) is 8.79. The highest BCUT2D eigenvalue weighted by Crippen LogP contribution is 2.31. The van der Waals surface area contributed by atoms with E-state index in [2.05, 4.69) is 10.4 Å². The first-order valence-electron chi connectivity index (χ1n) is 11.9. The summed E-state index contributed by atoms with van der Waals surface area (Å²) in [5.74, 6) is -0.270. The van der Waals surface area contributed by atoms with Crippen molar-refractivity contribution in [2.45, 2.75) is 40.3 Å². The summed E-state index contributed by atoms with van der Waals surface area (Å²) in [6, 6.07) is 16.7. The van der Waals surface area contributed by atoms with E-state index in [4.69, 9.17) is 4.99 Å². The average molecular weight is 498 g/mol. The Morgan fingerprint density at radius 1 is 1.08 bits per heavy atom. The molecule has 36 heavy (non-hydrogen) atoms. The van der Waals surface area contributed by atoms with Gasteiger partial charge in [-0.1, -0.05) is 59.9 Å². The molecule has 182 valence electrons. The number of nitrogens with zero attached hydrogens (tertiary/aromatic N) is 4. The molecule has 8 heteroatoms. The van der Waals surface area contributed by atoms with Gasteiger partial charge in [0.2, 0.25) is 0 Å². The predicted octanol–water partition coefficient (Wildman–Crippen LogP) is 3.71. The smallest absolute Gasteiger partial charge is 0.271 e. The lowest BCUT2D eigenvalue weighted by Gasteiger charge is -2.25. The Balaban J connectivity index is 1.67. The summed E-state index contributed by atoms with van der Waals surface area (Å²) < 4.78 is 4.05. The molecule has 0 fully saturated rings. The molecule has 1 aliphatic heterocycles. The van der Waals surface area contributed by atoms with Gasteiger partial charge in [0.05, 0.1) is 27.5 Å². The van der Waals surface area contributed by atoms with Gasteiger partial charge in [-0.2, -0.15) is 5.10 Å². The molecule has 1 atom stereocenters. The first-order valence-corrected chi connectivity index (χ1v) is 12.7. The van der Waals surface area contributed by atoms with Crippen molar-refractivity contribution in [2.75, 3.05) is 5.32 Å². The topological polar surface area (TPSA) is 81.3 Å². The highest BCUT2D eigenvalue weighted by Gasteiger charge is 2.32. The molecule has 2 aromatic heterocycles. The number of fused-ring (bicyclic) bond motifs is 1. The van der Waals surface area contributed by atoms with E-state index in [-0.39, 0.29) is 11.5 Å². The van der Waals surface area contributed by atoms with Crippen LogP contribution in [0.15, 0.2) is 81.9 Å². The number of rotatable bonds is 5. The fourth-order valence-electron chi connectivity index (χ4n) is 4.44. The van der Waals surface area contributed by atoms with Crippen LogP contribution in [0.25, 0.3) is 6.08 Å². The number of carbonyl (C=O) groups is 1. The van der Waals surface area contributed by atoms with Gasteiger partial charge in [0.1, 0.15) is 0 Å². The fourth-order valence-corrected chi connectivity index (χ4v) is 5.48. The second-order valence-corrected chi connectivity index (χ2v) is 9.80. The van der Waals surface area contributed by atoms with Crippen molar-refractivity contribution in [3.63, 3.8) is 0 Å². The number of carbonyl (C=O) groups excluding carboxylic acids is 1. The summed E-state index contributed by atoms with van der Waals surface area (Å²) in [6.07, 6.45) is 3.81. The molecule has 7 nitrogen and oxygen atoms in total. The quantitative estimate of drug-likeness (QED) is 0.457. The van der Waals surface area contributed by atoms with Crippen LogP contribution in [-0.4, -0.2) is 20.3 Å². The summed E-state index contributed by atoms with van der Waals surface area (Å²) in [4.78, 5) is 32.7. The lowest BCUT2D eigenvalue weighted by atomic mass is 9.95. The molecule has 1 aliphatic rings. The van der Waals surface area contributed by atoms with Gasteiger partial charge in [-0.3, -0.25) is 18.8 Å². The number of hydrogen-bond acceptors (Lipinski definition) is 5. The van der Waals surface area contributed by atoms with E-state index < -0.39 is 6.04 Å². The van der Waals surface area contributed by atoms with Gasteiger partial charge in [0.25, 0.3) is 11.5 Å². The largest absolute Gasteiger partial charge is 0.322 e. The van der Waals surface area contributed by atoms with Gasteiger partial charge in [0.15, 0.2) is 4.80 Å². The summed E-state index contributed by atoms with van der Waals surface area (Å²) in [7, 11) is 0. The Morgan fingerprint density at radius 2 is 1.81 bits per heavy atom. The van der Waals surface area contributed by atoms with Crippen LogP contribution in [0, 0.1) is 13.8 Å². The van der Waals surface area contributed by atoms with Crippen molar-refractivity contribution in [1.29, 1.82) is 0 Å². The summed E-state index contributed by atoms with van der Waals surface area (Å²) in [5.41, 5.74) is 5.17. The Bertz CT molecular complexity index is 1670. The lowest BCUT2D eigenvalue weighted by Crippen LogP contribution is -2.40. The number of anilines is 1. The number of thiazole rings is 1. The maximum atomic E-state index is 13.8. The van der Waals surface area contributed by atoms with E-state index in [9.17, 15) is 9.59 Å². The van der Waals surface area contributed by atoms with Crippen LogP contribution in [0.1, 0.15) is 42.3 Å². The molecule has 5 rings (SSSR count). The normalized spacial score (nSPS) is 15.6. The van der Waals surface area contributed by atoms with Crippen LogP contribution in [0.3, 0.4) is 0 Å². The third-order valence-corrected chi connectivity index (χ3v) is 7.35. The van der Waals surface area contributed by atoms with Gasteiger partial charge in [-0.15, -0.1) is 0 Å². The summed E-state index contributed by atoms with van der Waals surface area (Å²) in [6.45, 7) is 8.48. The molecule has 1 N–H and O–H groups in total. The fraction of sp³-hybridized carbons (Fsp3) is 0.214. The number of allylic oxidation sites excluding steroid dienone is 1. The maximum absolute atomic E-state index is 13.8. The molecular formula is C28H27N5O2S. The zero-order valence-electron chi connectivity index (χ0n) is 20.6. The second kappa shape index (κ2) is 9.54. The van der Waals surface area contributed by atoms with Gasteiger partial charge in [-0.25, -0.2) is 4.99 Å². The lowest BCUT2D eigenvalue weighted by molar-refractivity contribution is -0.113. The minimum atomic E-state index is -0.590. The SMILES string of the molecule is CCn1cc(/C=c2/sc3n(c2=O)C(c2ccccc2)C(C(=O)Nc2ccccc2C)=C(C)N=3)c(C)n1. The zero-order valence-corrected chi connectivity index (χ0v) is 21.5. The molecule has 0 saturated heterocycles. The summed E-state index contributed by atoms with van der Waals surface area (Å²) in [5, 5.41) is 7.53. The highest BCUT2D eigenvalue weighted by molar-refractivity contribution is 7.07. The number of amides is 1. The summed E-state index contributed by atoms with van der Waals surface area (Å²) >= 11 is 1.33. The Labute approximate surface area is 212 Å². The van der Waals surface area contributed by atoms with Crippen molar-refractivity contribution in [3.8, 4) is 0 Å². The number of para-hydroxylation sites is 1. The number of nitrogens with one attached hydrogen (secondary N) is 1. The van der Waals surface area contributed by atoms with E-state index in [0.29, 0.717) is 20.6 Å². The minimum absolute atomic E-state index is 0.176. The predicted molar refractivity (Wildman–Crippen MR) is 143 cm³/mol. The monoisotopic (exact) mass is 497 g/mol. The third-order valence-electron chi connectivity index (χ3n) is 6.37. The number of benzene rings is 2. The molecule has 0 spiro atoms. The van der Waals surface area contributed by atoms with Gasteiger partial charge in [0, 0.05) is 24.0 Å².